The number of hydrogen-bond acceptors (Lipinski definition) is 2. The molecule has 0 bridgehead atoms. The van der Waals surface area contributed by atoms with E-state index in [1.807, 2.05) is 0 Å². The smallest absolute Gasteiger partial charge is 0.0220 e. The highest BCUT2D eigenvalue weighted by molar-refractivity contribution is 4.83. The maximum atomic E-state index is 3.61. The fraction of sp³-hybridized carbons (Fsp3) is 1.00. The van der Waals surface area contributed by atoms with Crippen molar-refractivity contribution in [2.24, 2.45) is 5.92 Å². The standard InChI is InChI=1S/C14H28N2/c1-12(2)15-10-14-8-3-4-9-16(14)11-13-6-5-7-13/h12-15H,3-11H2,1-2H3. The van der Waals surface area contributed by atoms with Crippen LogP contribution in [0.25, 0.3) is 0 Å². The lowest BCUT2D eigenvalue weighted by molar-refractivity contribution is 0.0985. The number of likely N-dealkylation sites (tertiary alicyclic amines) is 1. The zero-order valence-electron chi connectivity index (χ0n) is 11.0. The Balaban J connectivity index is 1.76. The summed E-state index contributed by atoms with van der Waals surface area (Å²) >= 11 is 0. The molecular formula is C14H28N2. The molecule has 94 valence electrons. The van der Waals surface area contributed by atoms with Gasteiger partial charge in [-0.3, -0.25) is 4.90 Å². The minimum Gasteiger partial charge on any atom is -0.313 e. The van der Waals surface area contributed by atoms with Gasteiger partial charge in [0.2, 0.25) is 0 Å². The Labute approximate surface area is 101 Å². The molecule has 1 atom stereocenters. The third kappa shape index (κ3) is 3.46. The summed E-state index contributed by atoms with van der Waals surface area (Å²) in [5.41, 5.74) is 0. The zero-order valence-corrected chi connectivity index (χ0v) is 11.0. The third-order valence-electron chi connectivity index (χ3n) is 4.23. The van der Waals surface area contributed by atoms with E-state index in [1.54, 1.807) is 0 Å². The van der Waals surface area contributed by atoms with Gasteiger partial charge in [0.05, 0.1) is 0 Å². The third-order valence-corrected chi connectivity index (χ3v) is 4.23. The molecule has 1 saturated heterocycles. The highest BCUT2D eigenvalue weighted by Gasteiger charge is 2.27. The molecule has 1 N–H and O–H groups in total. The minimum atomic E-state index is 0.632. The van der Waals surface area contributed by atoms with Crippen molar-refractivity contribution >= 4 is 0 Å². The first-order valence-electron chi connectivity index (χ1n) is 7.23. The van der Waals surface area contributed by atoms with Crippen LogP contribution in [0.4, 0.5) is 0 Å². The van der Waals surface area contributed by atoms with Crippen molar-refractivity contribution in [3.63, 3.8) is 0 Å². The second-order valence-corrected chi connectivity index (χ2v) is 6.00. The summed E-state index contributed by atoms with van der Waals surface area (Å²) in [6, 6.07) is 1.45. The van der Waals surface area contributed by atoms with E-state index in [0.29, 0.717) is 6.04 Å². The first-order chi connectivity index (χ1) is 7.75. The lowest BCUT2D eigenvalue weighted by atomic mass is 9.84. The van der Waals surface area contributed by atoms with E-state index < -0.39 is 0 Å². The molecule has 2 heteroatoms. The Kier molecular flexibility index (Phi) is 4.66. The molecular weight excluding hydrogens is 196 g/mol. The van der Waals surface area contributed by atoms with Crippen molar-refractivity contribution in [1.29, 1.82) is 0 Å². The number of nitrogens with one attached hydrogen (secondary N) is 1. The van der Waals surface area contributed by atoms with Gasteiger partial charge in [-0.15, -0.1) is 0 Å². The summed E-state index contributed by atoms with van der Waals surface area (Å²) in [5, 5.41) is 3.61. The van der Waals surface area contributed by atoms with E-state index in [1.165, 1.54) is 58.2 Å². The van der Waals surface area contributed by atoms with E-state index in [0.717, 1.165) is 12.0 Å². The van der Waals surface area contributed by atoms with Crippen LogP contribution in [0.2, 0.25) is 0 Å². The molecule has 2 fully saturated rings. The predicted molar refractivity (Wildman–Crippen MR) is 69.7 cm³/mol. The van der Waals surface area contributed by atoms with Gasteiger partial charge in [-0.1, -0.05) is 26.7 Å². The lowest BCUT2D eigenvalue weighted by Gasteiger charge is -2.40. The Morgan fingerprint density at radius 1 is 1.12 bits per heavy atom. The summed E-state index contributed by atoms with van der Waals surface area (Å²) in [6.45, 7) is 8.42. The Hall–Kier alpha value is -0.0800. The largest absolute Gasteiger partial charge is 0.313 e. The molecule has 0 amide bonds. The second-order valence-electron chi connectivity index (χ2n) is 6.00. The summed E-state index contributed by atoms with van der Waals surface area (Å²) in [4.78, 5) is 2.77. The number of nitrogens with zero attached hydrogens (tertiary/aromatic N) is 1. The van der Waals surface area contributed by atoms with E-state index in [9.17, 15) is 0 Å². The van der Waals surface area contributed by atoms with Crippen LogP contribution >= 0.6 is 0 Å². The molecule has 1 aliphatic carbocycles. The maximum Gasteiger partial charge on any atom is 0.0220 e. The van der Waals surface area contributed by atoms with Crippen molar-refractivity contribution < 1.29 is 0 Å². The van der Waals surface area contributed by atoms with Gasteiger partial charge in [0.25, 0.3) is 0 Å². The van der Waals surface area contributed by atoms with Gasteiger partial charge < -0.3 is 5.32 Å². The first-order valence-corrected chi connectivity index (χ1v) is 7.23. The van der Waals surface area contributed by atoms with Crippen LogP contribution in [0.15, 0.2) is 0 Å². The average Bonchev–Trinajstić information content (AvgIpc) is 2.22. The van der Waals surface area contributed by atoms with Crippen LogP contribution in [-0.2, 0) is 0 Å². The Bertz CT molecular complexity index is 199. The van der Waals surface area contributed by atoms with Gasteiger partial charge in [0.1, 0.15) is 0 Å². The lowest BCUT2D eigenvalue weighted by Crippen LogP contribution is -2.49. The molecule has 0 aromatic carbocycles. The molecule has 1 unspecified atom stereocenters. The van der Waals surface area contributed by atoms with Crippen molar-refractivity contribution in [1.82, 2.24) is 10.2 Å². The van der Waals surface area contributed by atoms with Crippen molar-refractivity contribution in [2.75, 3.05) is 19.6 Å². The average molecular weight is 224 g/mol. The molecule has 1 heterocycles. The van der Waals surface area contributed by atoms with E-state index >= 15 is 0 Å². The number of rotatable bonds is 5. The topological polar surface area (TPSA) is 15.3 Å². The molecule has 16 heavy (non-hydrogen) atoms. The van der Waals surface area contributed by atoms with E-state index in [-0.39, 0.29) is 0 Å². The number of hydrogen-bond donors (Lipinski definition) is 1. The predicted octanol–water partition coefficient (Wildman–Crippen LogP) is 2.64. The molecule has 1 saturated carbocycles. The summed E-state index contributed by atoms with van der Waals surface area (Å²) < 4.78 is 0. The molecule has 0 radical (unpaired) electrons. The van der Waals surface area contributed by atoms with Gasteiger partial charge in [0.15, 0.2) is 0 Å². The van der Waals surface area contributed by atoms with Gasteiger partial charge in [-0.2, -0.15) is 0 Å². The highest BCUT2D eigenvalue weighted by Crippen LogP contribution is 2.29. The summed E-state index contributed by atoms with van der Waals surface area (Å²) in [7, 11) is 0. The van der Waals surface area contributed by atoms with Crippen molar-refractivity contribution in [3.8, 4) is 0 Å². The molecule has 1 aliphatic heterocycles. The quantitative estimate of drug-likeness (QED) is 0.772. The fourth-order valence-corrected chi connectivity index (χ4v) is 2.91. The SMILES string of the molecule is CC(C)NCC1CCCCN1CC1CCC1. The molecule has 2 aliphatic rings. The molecule has 2 rings (SSSR count). The normalized spacial score (nSPS) is 28.3. The van der Waals surface area contributed by atoms with Crippen LogP contribution < -0.4 is 5.32 Å². The van der Waals surface area contributed by atoms with Crippen LogP contribution in [0.1, 0.15) is 52.4 Å². The van der Waals surface area contributed by atoms with Crippen LogP contribution in [0, 0.1) is 5.92 Å². The van der Waals surface area contributed by atoms with Gasteiger partial charge in [-0.05, 0) is 38.1 Å². The first kappa shape index (κ1) is 12.4. The van der Waals surface area contributed by atoms with Gasteiger partial charge >= 0.3 is 0 Å². The molecule has 2 nitrogen and oxygen atoms in total. The Morgan fingerprint density at radius 3 is 2.56 bits per heavy atom. The minimum absolute atomic E-state index is 0.632. The van der Waals surface area contributed by atoms with E-state index in [2.05, 4.69) is 24.1 Å². The Morgan fingerprint density at radius 2 is 1.94 bits per heavy atom. The van der Waals surface area contributed by atoms with Crippen LogP contribution in [0.3, 0.4) is 0 Å². The van der Waals surface area contributed by atoms with Crippen molar-refractivity contribution in [2.45, 2.75) is 64.5 Å². The molecule has 0 aromatic rings. The second kappa shape index (κ2) is 6.02. The van der Waals surface area contributed by atoms with E-state index in [4.69, 9.17) is 0 Å². The zero-order chi connectivity index (χ0) is 11.4. The fourth-order valence-electron chi connectivity index (χ4n) is 2.91. The number of piperidine rings is 1. The monoisotopic (exact) mass is 224 g/mol. The van der Waals surface area contributed by atoms with Gasteiger partial charge in [-0.25, -0.2) is 0 Å². The van der Waals surface area contributed by atoms with Crippen LogP contribution in [0.5, 0.6) is 0 Å². The molecule has 0 aromatic heterocycles. The maximum absolute atomic E-state index is 3.61. The van der Waals surface area contributed by atoms with Gasteiger partial charge in [0, 0.05) is 25.2 Å². The van der Waals surface area contributed by atoms with Crippen molar-refractivity contribution in [3.05, 3.63) is 0 Å². The summed E-state index contributed by atoms with van der Waals surface area (Å²) in [6.07, 6.45) is 8.72. The highest BCUT2D eigenvalue weighted by atomic mass is 15.2. The molecule has 0 spiro atoms. The van der Waals surface area contributed by atoms with Crippen LogP contribution in [-0.4, -0.2) is 36.6 Å². The summed E-state index contributed by atoms with van der Waals surface area (Å²) in [5.74, 6) is 1.03.